The summed E-state index contributed by atoms with van der Waals surface area (Å²) < 4.78 is 0. The van der Waals surface area contributed by atoms with Crippen LogP contribution in [0.3, 0.4) is 0 Å². The first-order valence-electron chi connectivity index (χ1n) is 5.56. The van der Waals surface area contributed by atoms with Crippen LogP contribution in [0.4, 0.5) is 0 Å². The molecule has 0 unspecified atom stereocenters. The van der Waals surface area contributed by atoms with E-state index < -0.39 is 0 Å². The Bertz CT molecular complexity index is 390. The van der Waals surface area contributed by atoms with Crippen molar-refractivity contribution in [2.24, 2.45) is 0 Å². The molecule has 86 valence electrons. The third-order valence-corrected chi connectivity index (χ3v) is 2.53. The number of benzene rings is 1. The van der Waals surface area contributed by atoms with Crippen LogP contribution in [-0.2, 0) is 4.79 Å². The number of nitrogens with one attached hydrogen (secondary N) is 1. The van der Waals surface area contributed by atoms with Gasteiger partial charge in [0.05, 0.1) is 0 Å². The van der Waals surface area contributed by atoms with Crippen LogP contribution in [-0.4, -0.2) is 11.9 Å². The Morgan fingerprint density at radius 2 is 1.69 bits per heavy atom. The molecule has 1 aromatic rings. The molecule has 0 atom stereocenters. The van der Waals surface area contributed by atoms with E-state index in [0.717, 1.165) is 16.7 Å². The quantitative estimate of drug-likeness (QED) is 0.775. The van der Waals surface area contributed by atoms with Gasteiger partial charge in [-0.15, -0.1) is 0 Å². The van der Waals surface area contributed by atoms with E-state index in [-0.39, 0.29) is 11.9 Å². The van der Waals surface area contributed by atoms with Gasteiger partial charge >= 0.3 is 0 Å². The zero-order chi connectivity index (χ0) is 12.1. The van der Waals surface area contributed by atoms with E-state index in [9.17, 15) is 4.79 Å². The van der Waals surface area contributed by atoms with Crippen molar-refractivity contribution in [3.8, 4) is 0 Å². The lowest BCUT2D eigenvalue weighted by Gasteiger charge is -2.11. The fraction of sp³-hybridized carbons (Fsp3) is 0.357. The van der Waals surface area contributed by atoms with Crippen LogP contribution >= 0.6 is 0 Å². The number of hydrogen-bond donors (Lipinski definition) is 1. The maximum Gasteiger partial charge on any atom is 0.247 e. The second-order valence-corrected chi connectivity index (χ2v) is 4.24. The van der Waals surface area contributed by atoms with Gasteiger partial charge in [0, 0.05) is 11.6 Å². The van der Waals surface area contributed by atoms with Crippen LogP contribution in [0.1, 0.15) is 33.3 Å². The summed E-state index contributed by atoms with van der Waals surface area (Å²) in [6.45, 7) is 7.76. The lowest BCUT2D eigenvalue weighted by atomic mass is 10.0. The molecule has 1 rings (SSSR count). The third kappa shape index (κ3) is 3.23. The summed E-state index contributed by atoms with van der Waals surface area (Å²) in [4.78, 5) is 11.8. The summed E-state index contributed by atoms with van der Waals surface area (Å²) in [6.07, 6.45) is 0. The molecule has 0 saturated carbocycles. The Hall–Kier alpha value is -1.57. The van der Waals surface area contributed by atoms with Crippen LogP contribution in [0.2, 0.25) is 0 Å². The normalized spacial score (nSPS) is 12.3. The molecule has 1 aromatic carbocycles. The van der Waals surface area contributed by atoms with E-state index in [1.54, 1.807) is 0 Å². The van der Waals surface area contributed by atoms with Gasteiger partial charge in [-0.05, 0) is 38.8 Å². The van der Waals surface area contributed by atoms with Crippen molar-refractivity contribution in [2.75, 3.05) is 0 Å². The van der Waals surface area contributed by atoms with Crippen molar-refractivity contribution in [1.29, 1.82) is 0 Å². The van der Waals surface area contributed by atoms with Gasteiger partial charge in [0.25, 0.3) is 0 Å². The average molecular weight is 217 g/mol. The van der Waals surface area contributed by atoms with E-state index in [2.05, 4.69) is 5.32 Å². The molecule has 0 heterocycles. The summed E-state index contributed by atoms with van der Waals surface area (Å²) in [7, 11) is 0. The van der Waals surface area contributed by atoms with Crippen molar-refractivity contribution in [3.05, 3.63) is 41.5 Å². The van der Waals surface area contributed by atoms with Crippen LogP contribution in [0, 0.1) is 0 Å². The minimum atomic E-state index is 0.0105. The molecular formula is C14H19NO. The van der Waals surface area contributed by atoms with E-state index in [1.165, 1.54) is 0 Å². The molecule has 2 nitrogen and oxygen atoms in total. The Labute approximate surface area is 97.4 Å². The fourth-order valence-electron chi connectivity index (χ4n) is 1.45. The zero-order valence-corrected chi connectivity index (χ0v) is 10.4. The monoisotopic (exact) mass is 217 g/mol. The van der Waals surface area contributed by atoms with Gasteiger partial charge < -0.3 is 5.32 Å². The first-order valence-corrected chi connectivity index (χ1v) is 5.56. The lowest BCUT2D eigenvalue weighted by Crippen LogP contribution is -2.31. The van der Waals surface area contributed by atoms with Gasteiger partial charge in [-0.25, -0.2) is 0 Å². The first kappa shape index (κ1) is 12.5. The summed E-state index contributed by atoms with van der Waals surface area (Å²) in [5, 5.41) is 2.90. The Morgan fingerprint density at radius 1 is 1.12 bits per heavy atom. The lowest BCUT2D eigenvalue weighted by molar-refractivity contribution is -0.117. The number of carbonyl (C=O) groups excluding carboxylic acids is 1. The maximum atomic E-state index is 11.8. The van der Waals surface area contributed by atoms with Gasteiger partial charge in [0.1, 0.15) is 0 Å². The summed E-state index contributed by atoms with van der Waals surface area (Å²) >= 11 is 0. The molecule has 0 aliphatic heterocycles. The Morgan fingerprint density at radius 3 is 2.19 bits per heavy atom. The topological polar surface area (TPSA) is 29.1 Å². The Kier molecular flexibility index (Phi) is 4.29. The smallest absolute Gasteiger partial charge is 0.247 e. The summed E-state index contributed by atoms with van der Waals surface area (Å²) in [6, 6.07) is 10.1. The largest absolute Gasteiger partial charge is 0.350 e. The summed E-state index contributed by atoms with van der Waals surface area (Å²) in [5.74, 6) is 0.0105. The first-order chi connectivity index (χ1) is 7.52. The average Bonchev–Trinajstić information content (AvgIpc) is 2.27. The van der Waals surface area contributed by atoms with E-state index in [1.807, 2.05) is 58.0 Å². The minimum absolute atomic E-state index is 0.0105. The number of amides is 1. The number of rotatable bonds is 3. The van der Waals surface area contributed by atoms with Crippen molar-refractivity contribution in [3.63, 3.8) is 0 Å². The van der Waals surface area contributed by atoms with Crippen LogP contribution < -0.4 is 5.32 Å². The minimum Gasteiger partial charge on any atom is -0.350 e. The number of hydrogen-bond acceptors (Lipinski definition) is 1. The predicted octanol–water partition coefficient (Wildman–Crippen LogP) is 3.00. The molecule has 0 spiro atoms. The standard InChI is InChI=1S/C14H19NO/c1-10(2)15-14(16)12(4)11(3)13-8-6-5-7-9-13/h5-10H,1-4H3,(H,15,16)/b12-11+. The SMILES string of the molecule is C/C(C(=O)NC(C)C)=C(/C)c1ccccc1. The maximum absolute atomic E-state index is 11.8. The van der Waals surface area contributed by atoms with Gasteiger partial charge in [0.2, 0.25) is 5.91 Å². The van der Waals surface area contributed by atoms with Crippen molar-refractivity contribution in [1.82, 2.24) is 5.32 Å². The number of carbonyl (C=O) groups is 1. The van der Waals surface area contributed by atoms with Gasteiger partial charge in [0.15, 0.2) is 0 Å². The molecule has 1 amide bonds. The van der Waals surface area contributed by atoms with Crippen LogP contribution in [0.25, 0.3) is 5.57 Å². The highest BCUT2D eigenvalue weighted by Crippen LogP contribution is 2.17. The molecule has 0 aliphatic carbocycles. The molecule has 16 heavy (non-hydrogen) atoms. The molecule has 0 fully saturated rings. The molecule has 0 aliphatic rings. The predicted molar refractivity (Wildman–Crippen MR) is 68.0 cm³/mol. The van der Waals surface area contributed by atoms with Gasteiger partial charge in [-0.1, -0.05) is 30.3 Å². The molecule has 2 heteroatoms. The molecule has 0 aromatic heterocycles. The number of allylic oxidation sites excluding steroid dienone is 1. The highest BCUT2D eigenvalue weighted by atomic mass is 16.1. The molecule has 1 N–H and O–H groups in total. The second-order valence-electron chi connectivity index (χ2n) is 4.24. The molecular weight excluding hydrogens is 198 g/mol. The zero-order valence-electron chi connectivity index (χ0n) is 10.4. The van der Waals surface area contributed by atoms with Gasteiger partial charge in [-0.3, -0.25) is 4.79 Å². The van der Waals surface area contributed by atoms with Crippen LogP contribution in [0.15, 0.2) is 35.9 Å². The van der Waals surface area contributed by atoms with Crippen molar-refractivity contribution < 1.29 is 4.79 Å². The van der Waals surface area contributed by atoms with Crippen LogP contribution in [0.5, 0.6) is 0 Å². The second kappa shape index (κ2) is 5.50. The summed E-state index contributed by atoms with van der Waals surface area (Å²) in [5.41, 5.74) is 2.90. The highest BCUT2D eigenvalue weighted by Gasteiger charge is 2.09. The van der Waals surface area contributed by atoms with Gasteiger partial charge in [-0.2, -0.15) is 0 Å². The molecule has 0 saturated heterocycles. The van der Waals surface area contributed by atoms with E-state index in [0.29, 0.717) is 0 Å². The van der Waals surface area contributed by atoms with Crippen molar-refractivity contribution in [2.45, 2.75) is 33.7 Å². The fourth-order valence-corrected chi connectivity index (χ4v) is 1.45. The Balaban J connectivity index is 2.92. The molecule has 0 bridgehead atoms. The highest BCUT2D eigenvalue weighted by molar-refractivity contribution is 6.00. The van der Waals surface area contributed by atoms with E-state index >= 15 is 0 Å². The van der Waals surface area contributed by atoms with E-state index in [4.69, 9.17) is 0 Å². The molecule has 0 radical (unpaired) electrons. The van der Waals surface area contributed by atoms with Crippen molar-refractivity contribution >= 4 is 11.5 Å². The third-order valence-electron chi connectivity index (χ3n) is 2.53.